The van der Waals surface area contributed by atoms with Gasteiger partial charge >= 0.3 is 0 Å². The number of fused-ring (bicyclic) bond motifs is 1. The van der Waals surface area contributed by atoms with E-state index in [1.165, 1.54) is 5.56 Å². The molecule has 0 spiro atoms. The van der Waals surface area contributed by atoms with Crippen LogP contribution in [0, 0.1) is 45.3 Å². The molecule has 152 valence electrons. The minimum atomic E-state index is -1.67. The first-order valence-electron chi connectivity index (χ1n) is 9.99. The van der Waals surface area contributed by atoms with Crippen LogP contribution in [0.5, 0.6) is 0 Å². The van der Waals surface area contributed by atoms with Gasteiger partial charge in [0.25, 0.3) is 0 Å². The number of allylic oxidation sites excluding steroid dienone is 2. The summed E-state index contributed by atoms with van der Waals surface area (Å²) < 4.78 is 0. The fourth-order valence-corrected chi connectivity index (χ4v) is 5.03. The van der Waals surface area contributed by atoms with Crippen molar-refractivity contribution in [2.75, 3.05) is 13.1 Å². The Morgan fingerprint density at radius 1 is 1.03 bits per heavy atom. The average Bonchev–Trinajstić information content (AvgIpc) is 2.80. The van der Waals surface area contributed by atoms with Crippen LogP contribution >= 0.6 is 11.6 Å². The fourth-order valence-electron chi connectivity index (χ4n) is 4.78. The van der Waals surface area contributed by atoms with E-state index in [4.69, 9.17) is 17.3 Å². The van der Waals surface area contributed by atoms with E-state index in [1.807, 2.05) is 42.5 Å². The maximum absolute atomic E-state index is 10.2. The van der Waals surface area contributed by atoms with E-state index < -0.39 is 11.3 Å². The van der Waals surface area contributed by atoms with Gasteiger partial charge in [-0.1, -0.05) is 66.2 Å². The summed E-state index contributed by atoms with van der Waals surface area (Å²) in [4.78, 5) is 2.25. The molecule has 0 saturated heterocycles. The molecule has 0 amide bonds. The molecule has 0 bridgehead atoms. The summed E-state index contributed by atoms with van der Waals surface area (Å²) in [5.74, 6) is -0.850. The first-order chi connectivity index (χ1) is 15.1. The lowest BCUT2D eigenvalue weighted by atomic mass is 9.58. The lowest BCUT2D eigenvalue weighted by Crippen LogP contribution is -2.47. The average molecular weight is 426 g/mol. The molecule has 0 unspecified atom stereocenters. The quantitative estimate of drug-likeness (QED) is 0.791. The zero-order valence-corrected chi connectivity index (χ0v) is 17.5. The summed E-state index contributed by atoms with van der Waals surface area (Å²) >= 11 is 6.54. The van der Waals surface area contributed by atoms with E-state index in [2.05, 4.69) is 35.2 Å². The Morgan fingerprint density at radius 2 is 1.71 bits per heavy atom. The zero-order chi connectivity index (χ0) is 22.0. The van der Waals surface area contributed by atoms with E-state index >= 15 is 0 Å². The summed E-state index contributed by atoms with van der Waals surface area (Å²) in [5.41, 5.74) is 7.61. The first-order valence-corrected chi connectivity index (χ1v) is 10.4. The molecule has 31 heavy (non-hydrogen) atoms. The van der Waals surface area contributed by atoms with Crippen molar-refractivity contribution >= 4 is 11.6 Å². The summed E-state index contributed by atoms with van der Waals surface area (Å²) in [7, 11) is 0. The van der Waals surface area contributed by atoms with Crippen molar-refractivity contribution in [1.82, 2.24) is 4.90 Å². The maximum atomic E-state index is 10.2. The number of nitrogens with two attached hydrogens (primary N) is 1. The molecule has 0 radical (unpaired) electrons. The van der Waals surface area contributed by atoms with Crippen LogP contribution < -0.4 is 5.73 Å². The van der Waals surface area contributed by atoms with E-state index in [0.717, 1.165) is 12.1 Å². The second-order valence-electron chi connectivity index (χ2n) is 7.88. The molecule has 0 aromatic heterocycles. The third-order valence-corrected chi connectivity index (χ3v) is 6.57. The Morgan fingerprint density at radius 3 is 2.35 bits per heavy atom. The van der Waals surface area contributed by atoms with Crippen LogP contribution in [0.3, 0.4) is 0 Å². The van der Waals surface area contributed by atoms with Gasteiger partial charge in [-0.25, -0.2) is 0 Å². The van der Waals surface area contributed by atoms with Gasteiger partial charge < -0.3 is 5.73 Å². The normalized spacial score (nSPS) is 22.5. The van der Waals surface area contributed by atoms with Gasteiger partial charge in [0.05, 0.1) is 23.4 Å². The summed E-state index contributed by atoms with van der Waals surface area (Å²) in [6.45, 7) is 1.96. The molecule has 0 saturated carbocycles. The van der Waals surface area contributed by atoms with E-state index in [0.29, 0.717) is 23.7 Å². The molecule has 2 aromatic rings. The molecule has 5 nitrogen and oxygen atoms in total. The van der Waals surface area contributed by atoms with Gasteiger partial charge in [0.2, 0.25) is 0 Å². The van der Waals surface area contributed by atoms with Gasteiger partial charge in [-0.15, -0.1) is 0 Å². The Balaban J connectivity index is 1.87. The summed E-state index contributed by atoms with van der Waals surface area (Å²) in [6, 6.07) is 23.8. The highest BCUT2D eigenvalue weighted by molar-refractivity contribution is 6.31. The molecule has 2 atom stereocenters. The molecule has 2 aromatic carbocycles. The number of nitriles is 3. The van der Waals surface area contributed by atoms with Gasteiger partial charge in [0.15, 0.2) is 5.41 Å². The van der Waals surface area contributed by atoms with Crippen molar-refractivity contribution in [1.29, 1.82) is 15.8 Å². The molecule has 0 fully saturated rings. The van der Waals surface area contributed by atoms with Crippen molar-refractivity contribution < 1.29 is 0 Å². The lowest BCUT2D eigenvalue weighted by Gasteiger charge is -2.45. The monoisotopic (exact) mass is 425 g/mol. The third kappa shape index (κ3) is 3.37. The van der Waals surface area contributed by atoms with Crippen molar-refractivity contribution in [3.05, 3.63) is 93.7 Å². The van der Waals surface area contributed by atoms with Gasteiger partial charge in [-0.3, -0.25) is 4.90 Å². The molecule has 4 rings (SSSR count). The van der Waals surface area contributed by atoms with Gasteiger partial charge in [0, 0.05) is 36.5 Å². The molecule has 2 N–H and O–H groups in total. The topological polar surface area (TPSA) is 101 Å². The largest absolute Gasteiger partial charge is 0.399 e. The van der Waals surface area contributed by atoms with Crippen LogP contribution in [-0.2, 0) is 6.54 Å². The molecule has 1 aliphatic carbocycles. The van der Waals surface area contributed by atoms with Gasteiger partial charge in [-0.05, 0) is 22.8 Å². The number of benzene rings is 2. The van der Waals surface area contributed by atoms with E-state index in [1.54, 1.807) is 6.07 Å². The van der Waals surface area contributed by atoms with Crippen molar-refractivity contribution in [2.24, 2.45) is 17.1 Å². The molecule has 1 aliphatic heterocycles. The van der Waals surface area contributed by atoms with Crippen molar-refractivity contribution in [2.45, 2.75) is 12.5 Å². The smallest absolute Gasteiger partial charge is 0.191 e. The van der Waals surface area contributed by atoms with Crippen LogP contribution in [0.1, 0.15) is 17.0 Å². The van der Waals surface area contributed by atoms with E-state index in [9.17, 15) is 15.8 Å². The Labute approximate surface area is 186 Å². The number of halogens is 1. The highest BCUT2D eigenvalue weighted by Gasteiger charge is 2.54. The number of rotatable bonds is 3. The zero-order valence-electron chi connectivity index (χ0n) is 16.8. The summed E-state index contributed by atoms with van der Waals surface area (Å²) in [6.07, 6.45) is 2.00. The predicted molar refractivity (Wildman–Crippen MR) is 118 cm³/mol. The molecule has 1 heterocycles. The number of hydrogen-bond acceptors (Lipinski definition) is 5. The minimum Gasteiger partial charge on any atom is -0.399 e. The second kappa shape index (κ2) is 8.29. The Bertz CT molecular complexity index is 1180. The Hall–Kier alpha value is -3.56. The highest BCUT2D eigenvalue weighted by atomic mass is 35.5. The van der Waals surface area contributed by atoms with Gasteiger partial charge in [0.1, 0.15) is 6.07 Å². The SMILES string of the molecule is N#CC1=C(N)C(C#N)(C#N)[C@@H](c2ccccc2Cl)[C@@H]2CN(Cc3ccccc3)CC=C12. The number of hydrogen-bond donors (Lipinski definition) is 1. The maximum Gasteiger partial charge on any atom is 0.191 e. The fraction of sp³-hybridized carbons (Fsp3) is 0.240. The van der Waals surface area contributed by atoms with Gasteiger partial charge in [-0.2, -0.15) is 15.8 Å². The molecule has 2 aliphatic rings. The molecule has 6 heteroatoms. The third-order valence-electron chi connectivity index (χ3n) is 6.23. The summed E-state index contributed by atoms with van der Waals surface area (Å²) in [5, 5.41) is 30.7. The van der Waals surface area contributed by atoms with Crippen molar-refractivity contribution in [3.8, 4) is 18.2 Å². The predicted octanol–water partition coefficient (Wildman–Crippen LogP) is 4.27. The van der Waals surface area contributed by atoms with Crippen LogP contribution in [0.2, 0.25) is 5.02 Å². The first kappa shape index (κ1) is 20.7. The standard InChI is InChI=1S/C25H20ClN5/c26-22-9-5-4-8-19(22)23-21-14-31(13-17-6-2-1-3-7-17)11-10-18(21)20(12-27)24(30)25(23,15-28)16-29/h1-10,21,23H,11,13-14,30H2/t21-,23+/m1/s1. The number of nitrogens with zero attached hydrogens (tertiary/aromatic N) is 4. The van der Waals surface area contributed by atoms with Crippen LogP contribution in [0.4, 0.5) is 0 Å². The van der Waals surface area contributed by atoms with E-state index in [-0.39, 0.29) is 17.2 Å². The Kier molecular flexibility index (Phi) is 5.53. The van der Waals surface area contributed by atoms with Crippen LogP contribution in [0.15, 0.2) is 77.5 Å². The minimum absolute atomic E-state index is 0.0175. The second-order valence-corrected chi connectivity index (χ2v) is 8.28. The molecular weight excluding hydrogens is 406 g/mol. The van der Waals surface area contributed by atoms with Crippen molar-refractivity contribution in [3.63, 3.8) is 0 Å². The highest BCUT2D eigenvalue weighted by Crippen LogP contribution is 2.55. The van der Waals surface area contributed by atoms with Crippen LogP contribution in [0.25, 0.3) is 0 Å². The molecular formula is C25H20ClN5. The van der Waals surface area contributed by atoms with Crippen LogP contribution in [-0.4, -0.2) is 18.0 Å². The lowest BCUT2D eigenvalue weighted by molar-refractivity contribution is 0.201.